The smallest absolute Gasteiger partial charge is 0.264 e. The zero-order valence-electron chi connectivity index (χ0n) is 26.1. The fraction of sp³-hybridized carbons (Fsp3) is 0.429. The highest BCUT2D eigenvalue weighted by Gasteiger charge is 2.34. The molecule has 0 radical (unpaired) electrons. The Kier molecular flexibility index (Phi) is 11.5. The van der Waals surface area contributed by atoms with Crippen LogP contribution in [-0.2, 0) is 26.2 Å². The van der Waals surface area contributed by atoms with E-state index in [0.29, 0.717) is 22.7 Å². The fourth-order valence-corrected chi connectivity index (χ4v) is 7.28. The SMILES string of the molecule is CC[C@H](C(=O)NC1CCCCC1)N(Cc1ccccc1Cl)C(=O)CN(c1ccc(C(C)C)cc1)S(=O)(=O)c1ccc(C)cc1. The second-order valence-corrected chi connectivity index (χ2v) is 14.2. The van der Waals surface area contributed by atoms with Crippen molar-refractivity contribution in [3.05, 3.63) is 94.5 Å². The van der Waals surface area contributed by atoms with Gasteiger partial charge in [0.25, 0.3) is 10.0 Å². The highest BCUT2D eigenvalue weighted by atomic mass is 35.5. The quantitative estimate of drug-likeness (QED) is 0.227. The zero-order valence-corrected chi connectivity index (χ0v) is 27.7. The maximum absolute atomic E-state index is 14.3. The number of amides is 2. The van der Waals surface area contributed by atoms with Crippen LogP contribution >= 0.6 is 11.6 Å². The van der Waals surface area contributed by atoms with E-state index in [9.17, 15) is 18.0 Å². The first-order valence-electron chi connectivity index (χ1n) is 15.5. The molecule has 1 aliphatic rings. The number of halogens is 1. The maximum atomic E-state index is 14.3. The second kappa shape index (κ2) is 15.1. The first kappa shape index (κ1) is 33.5. The van der Waals surface area contributed by atoms with Gasteiger partial charge in [-0.05, 0) is 73.6 Å². The number of aryl methyl sites for hydroxylation is 1. The van der Waals surface area contributed by atoms with E-state index in [0.717, 1.165) is 47.5 Å². The van der Waals surface area contributed by atoms with Crippen LogP contribution in [0.4, 0.5) is 5.69 Å². The number of hydrogen-bond donors (Lipinski definition) is 1. The maximum Gasteiger partial charge on any atom is 0.264 e. The Hall–Kier alpha value is -3.36. The highest BCUT2D eigenvalue weighted by molar-refractivity contribution is 7.92. The number of nitrogens with zero attached hydrogens (tertiary/aromatic N) is 2. The molecule has 1 atom stereocenters. The van der Waals surface area contributed by atoms with Gasteiger partial charge in [0.15, 0.2) is 0 Å². The third-order valence-electron chi connectivity index (χ3n) is 8.37. The number of carbonyl (C=O) groups excluding carboxylic acids is 2. The summed E-state index contributed by atoms with van der Waals surface area (Å²) in [5, 5.41) is 3.64. The molecule has 0 saturated heterocycles. The monoisotopic (exact) mass is 637 g/mol. The molecule has 1 aliphatic carbocycles. The number of nitrogens with one attached hydrogen (secondary N) is 1. The molecule has 4 rings (SSSR count). The van der Waals surface area contributed by atoms with Crippen LogP contribution < -0.4 is 9.62 Å². The summed E-state index contributed by atoms with van der Waals surface area (Å²) in [6.45, 7) is 7.47. The van der Waals surface area contributed by atoms with Crippen molar-refractivity contribution in [3.8, 4) is 0 Å². The zero-order chi connectivity index (χ0) is 31.9. The number of hydrogen-bond acceptors (Lipinski definition) is 4. The lowest BCUT2D eigenvalue weighted by Gasteiger charge is -2.34. The van der Waals surface area contributed by atoms with Gasteiger partial charge >= 0.3 is 0 Å². The molecule has 2 amide bonds. The van der Waals surface area contributed by atoms with Crippen molar-refractivity contribution in [1.29, 1.82) is 0 Å². The van der Waals surface area contributed by atoms with Crippen molar-refractivity contribution in [2.24, 2.45) is 0 Å². The average Bonchev–Trinajstić information content (AvgIpc) is 3.01. The summed E-state index contributed by atoms with van der Waals surface area (Å²) >= 11 is 6.52. The molecule has 3 aromatic rings. The van der Waals surface area contributed by atoms with Gasteiger partial charge in [0.05, 0.1) is 10.6 Å². The first-order valence-corrected chi connectivity index (χ1v) is 17.4. The summed E-state index contributed by atoms with van der Waals surface area (Å²) in [7, 11) is -4.13. The summed E-state index contributed by atoms with van der Waals surface area (Å²) in [5.41, 5.74) is 3.04. The van der Waals surface area contributed by atoms with E-state index in [-0.39, 0.29) is 29.3 Å². The largest absolute Gasteiger partial charge is 0.352 e. The summed E-state index contributed by atoms with van der Waals surface area (Å²) < 4.78 is 29.4. The summed E-state index contributed by atoms with van der Waals surface area (Å²) in [6.07, 6.45) is 5.47. The van der Waals surface area contributed by atoms with Crippen LogP contribution in [0.1, 0.15) is 81.9 Å². The van der Waals surface area contributed by atoms with Crippen LogP contribution in [0.2, 0.25) is 5.02 Å². The molecule has 0 spiro atoms. The molecular formula is C35H44ClN3O4S. The molecule has 1 N–H and O–H groups in total. The lowest BCUT2D eigenvalue weighted by atomic mass is 9.95. The molecule has 0 bridgehead atoms. The molecular weight excluding hydrogens is 594 g/mol. The summed E-state index contributed by atoms with van der Waals surface area (Å²) in [4.78, 5) is 29.6. The molecule has 3 aromatic carbocycles. The lowest BCUT2D eigenvalue weighted by Crippen LogP contribution is -2.54. The van der Waals surface area contributed by atoms with E-state index >= 15 is 0 Å². The van der Waals surface area contributed by atoms with Gasteiger partial charge in [-0.1, -0.05) is 99.7 Å². The Bertz CT molecular complexity index is 1520. The van der Waals surface area contributed by atoms with E-state index < -0.39 is 28.5 Å². The highest BCUT2D eigenvalue weighted by Crippen LogP contribution is 2.28. The topological polar surface area (TPSA) is 86.8 Å². The van der Waals surface area contributed by atoms with Crippen LogP contribution in [0.3, 0.4) is 0 Å². The lowest BCUT2D eigenvalue weighted by molar-refractivity contribution is -0.140. The van der Waals surface area contributed by atoms with Crippen molar-refractivity contribution in [3.63, 3.8) is 0 Å². The van der Waals surface area contributed by atoms with Gasteiger partial charge in [-0.15, -0.1) is 0 Å². The Morgan fingerprint density at radius 1 is 0.932 bits per heavy atom. The summed E-state index contributed by atoms with van der Waals surface area (Å²) in [5.74, 6) is -0.458. The van der Waals surface area contributed by atoms with E-state index in [1.54, 1.807) is 42.5 Å². The normalized spacial score (nSPS) is 14.7. The van der Waals surface area contributed by atoms with Crippen molar-refractivity contribution in [2.75, 3.05) is 10.8 Å². The standard InChI is InChI=1S/C35H44ClN3O4S/c1-5-33(35(41)37-29-12-7-6-8-13-29)38(23-28-11-9-10-14-32(28)36)34(40)24-39(30-19-17-27(18-20-30)25(2)3)44(42,43)31-21-15-26(4)16-22-31/h9-11,14-22,25,29,33H,5-8,12-13,23-24H2,1-4H3,(H,37,41)/t33-/m1/s1. The minimum absolute atomic E-state index is 0.0693. The average molecular weight is 638 g/mol. The van der Waals surface area contributed by atoms with E-state index in [2.05, 4.69) is 19.2 Å². The van der Waals surface area contributed by atoms with Crippen molar-refractivity contribution < 1.29 is 18.0 Å². The molecule has 0 heterocycles. The van der Waals surface area contributed by atoms with Crippen molar-refractivity contribution in [1.82, 2.24) is 10.2 Å². The van der Waals surface area contributed by atoms with Crippen molar-refractivity contribution in [2.45, 2.75) is 95.7 Å². The van der Waals surface area contributed by atoms with Crippen LogP contribution in [0.25, 0.3) is 0 Å². The van der Waals surface area contributed by atoms with E-state index in [1.165, 1.54) is 4.90 Å². The Labute approximate surface area is 267 Å². The predicted molar refractivity (Wildman–Crippen MR) is 177 cm³/mol. The molecule has 0 aromatic heterocycles. The van der Waals surface area contributed by atoms with Crippen LogP contribution in [0.5, 0.6) is 0 Å². The number of carbonyl (C=O) groups is 2. The second-order valence-electron chi connectivity index (χ2n) is 12.0. The Morgan fingerprint density at radius 2 is 1.57 bits per heavy atom. The van der Waals surface area contributed by atoms with Gasteiger partial charge in [-0.2, -0.15) is 0 Å². The molecule has 1 saturated carbocycles. The van der Waals surface area contributed by atoms with Crippen LogP contribution in [0.15, 0.2) is 77.7 Å². The molecule has 0 unspecified atom stereocenters. The van der Waals surface area contributed by atoms with Gasteiger partial charge in [-0.3, -0.25) is 13.9 Å². The van der Waals surface area contributed by atoms with Gasteiger partial charge in [0.1, 0.15) is 12.6 Å². The minimum Gasteiger partial charge on any atom is -0.352 e. The molecule has 44 heavy (non-hydrogen) atoms. The van der Waals surface area contributed by atoms with Gasteiger partial charge in [0.2, 0.25) is 11.8 Å². The molecule has 7 nitrogen and oxygen atoms in total. The predicted octanol–water partition coefficient (Wildman–Crippen LogP) is 7.22. The molecule has 0 aliphatic heterocycles. The van der Waals surface area contributed by atoms with Gasteiger partial charge < -0.3 is 10.2 Å². The number of benzene rings is 3. The van der Waals surface area contributed by atoms with Crippen LogP contribution in [0, 0.1) is 6.92 Å². The molecule has 236 valence electrons. The van der Waals surface area contributed by atoms with Crippen molar-refractivity contribution >= 4 is 39.1 Å². The minimum atomic E-state index is -4.13. The van der Waals surface area contributed by atoms with Crippen LogP contribution in [-0.4, -0.2) is 43.8 Å². The molecule has 9 heteroatoms. The van der Waals surface area contributed by atoms with Gasteiger partial charge in [-0.25, -0.2) is 8.42 Å². The summed E-state index contributed by atoms with van der Waals surface area (Å²) in [6, 6.07) is 20.3. The number of rotatable bonds is 12. The third-order valence-corrected chi connectivity index (χ3v) is 10.5. The third kappa shape index (κ3) is 8.21. The van der Waals surface area contributed by atoms with E-state index in [4.69, 9.17) is 11.6 Å². The Balaban J connectivity index is 1.72. The number of sulfonamides is 1. The molecule has 1 fully saturated rings. The first-order chi connectivity index (χ1) is 21.0. The van der Waals surface area contributed by atoms with Gasteiger partial charge in [0, 0.05) is 17.6 Å². The van der Waals surface area contributed by atoms with E-state index in [1.807, 2.05) is 44.2 Å². The Morgan fingerprint density at radius 3 is 2.16 bits per heavy atom. The fourth-order valence-electron chi connectivity index (χ4n) is 5.67. The number of anilines is 1.